The van der Waals surface area contributed by atoms with Gasteiger partial charge in [0.2, 0.25) is 10.0 Å². The molecule has 3 heterocycles. The quantitative estimate of drug-likeness (QED) is 0.563. The molecule has 3 aromatic rings. The Balaban J connectivity index is 1.42. The van der Waals surface area contributed by atoms with E-state index in [0.29, 0.717) is 18.8 Å². The molecule has 35 heavy (non-hydrogen) atoms. The molecule has 2 aliphatic rings. The van der Waals surface area contributed by atoms with Crippen molar-refractivity contribution in [2.45, 2.75) is 35.7 Å². The van der Waals surface area contributed by atoms with Crippen LogP contribution in [0.25, 0.3) is 11.1 Å². The van der Waals surface area contributed by atoms with Crippen molar-refractivity contribution < 1.29 is 18.3 Å². The SMILES string of the molecule is COc1cccc(S(=O)(=O)N2CCCCN3[C@H](C2)[C@H](c2ccc(-c4cncnc4)cc2)[C@@H]3CO)c1. The molecule has 0 saturated carbocycles. The van der Waals surface area contributed by atoms with E-state index in [2.05, 4.69) is 27.0 Å². The summed E-state index contributed by atoms with van der Waals surface area (Å²) in [5, 5.41) is 10.2. The lowest BCUT2D eigenvalue weighted by Crippen LogP contribution is -2.67. The summed E-state index contributed by atoms with van der Waals surface area (Å²) in [4.78, 5) is 10.7. The summed E-state index contributed by atoms with van der Waals surface area (Å²) in [6.07, 6.45) is 6.73. The van der Waals surface area contributed by atoms with E-state index < -0.39 is 10.0 Å². The highest BCUT2D eigenvalue weighted by atomic mass is 32.2. The highest BCUT2D eigenvalue weighted by Gasteiger charge is 2.50. The Morgan fingerprint density at radius 1 is 1.03 bits per heavy atom. The van der Waals surface area contributed by atoms with Gasteiger partial charge in [-0.3, -0.25) is 4.90 Å². The van der Waals surface area contributed by atoms with E-state index in [9.17, 15) is 13.5 Å². The molecule has 8 nitrogen and oxygen atoms in total. The second-order valence-corrected chi connectivity index (χ2v) is 11.0. The minimum Gasteiger partial charge on any atom is -0.497 e. The summed E-state index contributed by atoms with van der Waals surface area (Å²) >= 11 is 0. The second-order valence-electron chi connectivity index (χ2n) is 9.08. The largest absolute Gasteiger partial charge is 0.497 e. The third-order valence-corrected chi connectivity index (χ3v) is 9.06. The molecule has 2 aliphatic heterocycles. The summed E-state index contributed by atoms with van der Waals surface area (Å²) in [5.41, 5.74) is 3.06. The van der Waals surface area contributed by atoms with Gasteiger partial charge in [-0.1, -0.05) is 30.3 Å². The number of benzene rings is 2. The monoisotopic (exact) mass is 494 g/mol. The Hall–Kier alpha value is -2.85. The van der Waals surface area contributed by atoms with Crippen molar-refractivity contribution in [3.63, 3.8) is 0 Å². The molecular weight excluding hydrogens is 464 g/mol. The summed E-state index contributed by atoms with van der Waals surface area (Å²) < 4.78 is 34.0. The fraction of sp³-hybridized carbons (Fsp3) is 0.385. The lowest BCUT2D eigenvalue weighted by atomic mass is 9.74. The van der Waals surface area contributed by atoms with Crippen LogP contribution in [0.4, 0.5) is 0 Å². The zero-order valence-electron chi connectivity index (χ0n) is 19.7. The maximum Gasteiger partial charge on any atom is 0.243 e. The summed E-state index contributed by atoms with van der Waals surface area (Å²) in [6, 6.07) is 14.9. The predicted octanol–water partition coefficient (Wildman–Crippen LogP) is 2.77. The molecule has 3 atom stereocenters. The van der Waals surface area contributed by atoms with Crippen molar-refractivity contribution in [3.8, 4) is 16.9 Å². The molecule has 2 aromatic carbocycles. The number of rotatable bonds is 6. The van der Waals surface area contributed by atoms with Crippen LogP contribution in [-0.4, -0.2) is 78.1 Å². The number of sulfonamides is 1. The van der Waals surface area contributed by atoms with E-state index in [4.69, 9.17) is 4.74 Å². The molecule has 0 bridgehead atoms. The van der Waals surface area contributed by atoms with Gasteiger partial charge in [0, 0.05) is 55.1 Å². The minimum absolute atomic E-state index is 0.00117. The summed E-state index contributed by atoms with van der Waals surface area (Å²) in [5.74, 6) is 0.563. The minimum atomic E-state index is -3.68. The molecule has 184 valence electrons. The molecule has 2 saturated heterocycles. The van der Waals surface area contributed by atoms with Crippen LogP contribution in [0.15, 0.2) is 72.1 Å². The van der Waals surface area contributed by atoms with Crippen molar-refractivity contribution in [3.05, 3.63) is 72.8 Å². The van der Waals surface area contributed by atoms with Crippen LogP contribution < -0.4 is 4.74 Å². The van der Waals surface area contributed by atoms with Crippen LogP contribution >= 0.6 is 0 Å². The normalized spacial score (nSPS) is 23.5. The number of aliphatic hydroxyl groups excluding tert-OH is 1. The second kappa shape index (κ2) is 10.0. The van der Waals surface area contributed by atoms with E-state index in [1.54, 1.807) is 41.0 Å². The Labute approximate surface area is 206 Å². The third-order valence-electron chi connectivity index (χ3n) is 7.20. The molecule has 1 aromatic heterocycles. The first-order valence-electron chi connectivity index (χ1n) is 11.9. The van der Waals surface area contributed by atoms with E-state index in [0.717, 1.165) is 36.1 Å². The molecule has 5 rings (SSSR count). The van der Waals surface area contributed by atoms with Crippen LogP contribution in [0.5, 0.6) is 5.75 Å². The third kappa shape index (κ3) is 4.56. The fourth-order valence-corrected chi connectivity index (χ4v) is 6.92. The lowest BCUT2D eigenvalue weighted by molar-refractivity contribution is -0.0553. The Kier molecular flexibility index (Phi) is 6.84. The molecular formula is C26H30N4O4S. The molecule has 1 N–H and O–H groups in total. The average molecular weight is 495 g/mol. The molecule has 0 radical (unpaired) electrons. The van der Waals surface area contributed by atoms with Crippen molar-refractivity contribution in [2.75, 3.05) is 33.4 Å². The van der Waals surface area contributed by atoms with E-state index in [1.165, 1.54) is 13.4 Å². The maximum atomic E-state index is 13.6. The van der Waals surface area contributed by atoms with Crippen LogP contribution in [0.2, 0.25) is 0 Å². The number of aromatic nitrogens is 2. The number of ether oxygens (including phenoxy) is 1. The molecule has 0 aliphatic carbocycles. The number of aliphatic hydroxyl groups is 1. The van der Waals surface area contributed by atoms with Gasteiger partial charge in [0.15, 0.2) is 0 Å². The van der Waals surface area contributed by atoms with E-state index in [-0.39, 0.29) is 29.5 Å². The molecule has 9 heteroatoms. The van der Waals surface area contributed by atoms with Gasteiger partial charge in [-0.15, -0.1) is 0 Å². The predicted molar refractivity (Wildman–Crippen MR) is 133 cm³/mol. The Morgan fingerprint density at radius 3 is 2.49 bits per heavy atom. The van der Waals surface area contributed by atoms with E-state index in [1.807, 2.05) is 12.1 Å². The van der Waals surface area contributed by atoms with Gasteiger partial charge in [-0.05, 0) is 42.6 Å². The Bertz CT molecular complexity index is 1250. The van der Waals surface area contributed by atoms with Gasteiger partial charge in [0.25, 0.3) is 0 Å². The van der Waals surface area contributed by atoms with Gasteiger partial charge >= 0.3 is 0 Å². The van der Waals surface area contributed by atoms with Gasteiger partial charge in [0.05, 0.1) is 18.6 Å². The number of hydrogen-bond donors (Lipinski definition) is 1. The van der Waals surface area contributed by atoms with Crippen LogP contribution in [0.3, 0.4) is 0 Å². The maximum absolute atomic E-state index is 13.6. The smallest absolute Gasteiger partial charge is 0.243 e. The molecule has 2 fully saturated rings. The fourth-order valence-electron chi connectivity index (χ4n) is 5.38. The van der Waals surface area contributed by atoms with Gasteiger partial charge in [0.1, 0.15) is 12.1 Å². The highest BCUT2D eigenvalue weighted by molar-refractivity contribution is 7.89. The topological polar surface area (TPSA) is 95.9 Å². The molecule has 0 amide bonds. The highest BCUT2D eigenvalue weighted by Crippen LogP contribution is 2.43. The Morgan fingerprint density at radius 2 is 1.77 bits per heavy atom. The number of methoxy groups -OCH3 is 1. The zero-order valence-corrected chi connectivity index (χ0v) is 20.5. The zero-order chi connectivity index (χ0) is 24.4. The lowest BCUT2D eigenvalue weighted by Gasteiger charge is -2.57. The van der Waals surface area contributed by atoms with Gasteiger partial charge in [-0.25, -0.2) is 18.4 Å². The number of nitrogens with zero attached hydrogens (tertiary/aromatic N) is 4. The van der Waals surface area contributed by atoms with Gasteiger partial charge in [-0.2, -0.15) is 4.31 Å². The van der Waals surface area contributed by atoms with Crippen molar-refractivity contribution in [1.29, 1.82) is 0 Å². The molecule has 0 unspecified atom stereocenters. The number of hydrogen-bond acceptors (Lipinski definition) is 7. The van der Waals surface area contributed by atoms with Crippen molar-refractivity contribution >= 4 is 10.0 Å². The first-order chi connectivity index (χ1) is 17.0. The first kappa shape index (κ1) is 23.9. The summed E-state index contributed by atoms with van der Waals surface area (Å²) in [6.45, 7) is 1.76. The van der Waals surface area contributed by atoms with Crippen molar-refractivity contribution in [2.24, 2.45) is 0 Å². The average Bonchev–Trinajstić information content (AvgIpc) is 2.88. The van der Waals surface area contributed by atoms with Crippen molar-refractivity contribution in [1.82, 2.24) is 19.2 Å². The summed E-state index contributed by atoms with van der Waals surface area (Å²) in [7, 11) is -2.15. The van der Waals surface area contributed by atoms with Gasteiger partial charge < -0.3 is 9.84 Å². The first-order valence-corrected chi connectivity index (χ1v) is 13.3. The van der Waals surface area contributed by atoms with Crippen LogP contribution in [0.1, 0.15) is 24.3 Å². The van der Waals surface area contributed by atoms with Crippen LogP contribution in [-0.2, 0) is 10.0 Å². The number of fused-ring (bicyclic) bond motifs is 1. The van der Waals surface area contributed by atoms with Crippen LogP contribution in [0, 0.1) is 0 Å². The standard InChI is InChI=1S/C26H30N4O4S/c1-34-22-5-4-6-23(13-22)35(32,33)29-11-2-3-12-30-24(16-29)26(25(30)17-31)20-9-7-19(8-10-20)21-14-27-18-28-15-21/h4-10,13-15,18,24-26,31H,2-3,11-12,16-17H2,1H3/t24-,25+,26+/m1/s1. The molecule has 0 spiro atoms. The van der Waals surface area contributed by atoms with E-state index >= 15 is 0 Å².